The average Bonchev–Trinajstić information content (AvgIpc) is 3.46. The summed E-state index contributed by atoms with van der Waals surface area (Å²) in [5, 5.41) is 4.29. The molecule has 5 aromatic carbocycles. The Morgan fingerprint density at radius 1 is 0.619 bits per heavy atom. The molecule has 1 heterocycles. The summed E-state index contributed by atoms with van der Waals surface area (Å²) >= 11 is 0. The quantitative estimate of drug-likeness (QED) is 0.209. The van der Waals surface area contributed by atoms with E-state index in [-0.39, 0.29) is 18.2 Å². The number of carbonyl (C=O) groups is 1. The van der Waals surface area contributed by atoms with Gasteiger partial charge in [-0.1, -0.05) is 30.3 Å². The van der Waals surface area contributed by atoms with E-state index in [4.69, 9.17) is 9.47 Å². The molecule has 6 rings (SSSR count). The molecule has 0 aromatic heterocycles. The summed E-state index contributed by atoms with van der Waals surface area (Å²) < 4.78 is 38.9. The molecule has 0 fully saturated rings. The van der Waals surface area contributed by atoms with E-state index in [0.29, 0.717) is 34.2 Å². The molecule has 0 aliphatic carbocycles. The zero-order valence-corrected chi connectivity index (χ0v) is 22.3. The van der Waals surface area contributed by atoms with Crippen molar-refractivity contribution in [3.05, 3.63) is 150 Å². The molecule has 0 radical (unpaired) electrons. The zero-order valence-electron chi connectivity index (χ0n) is 22.3. The molecule has 0 bridgehead atoms. The maximum atomic E-state index is 13.6. The molecule has 2 amide bonds. The van der Waals surface area contributed by atoms with Crippen LogP contribution < -0.4 is 20.2 Å². The van der Waals surface area contributed by atoms with Crippen molar-refractivity contribution in [2.45, 2.75) is 0 Å². The molecule has 6 nitrogen and oxygen atoms in total. The third-order valence-electron chi connectivity index (χ3n) is 6.58. The molecule has 0 atom stereocenters. The highest BCUT2D eigenvalue weighted by Gasteiger charge is 2.27. The number of benzene rings is 5. The number of amides is 2. The van der Waals surface area contributed by atoms with Crippen LogP contribution in [0.1, 0.15) is 11.1 Å². The van der Waals surface area contributed by atoms with Gasteiger partial charge in [0.2, 0.25) is 0 Å². The molecule has 5 aromatic rings. The number of anilines is 1. The van der Waals surface area contributed by atoms with Crippen molar-refractivity contribution in [3.8, 4) is 23.0 Å². The van der Waals surface area contributed by atoms with E-state index in [9.17, 15) is 13.6 Å². The van der Waals surface area contributed by atoms with Gasteiger partial charge in [0.15, 0.2) is 0 Å². The molecule has 0 saturated carbocycles. The molecule has 1 aliphatic heterocycles. The summed E-state index contributed by atoms with van der Waals surface area (Å²) in [7, 11) is 0. The molecule has 208 valence electrons. The average molecular weight is 562 g/mol. The number of para-hydroxylation sites is 1. The van der Waals surface area contributed by atoms with E-state index in [1.54, 1.807) is 48.5 Å². The molecule has 8 heteroatoms. The zero-order chi connectivity index (χ0) is 28.9. The van der Waals surface area contributed by atoms with Gasteiger partial charge in [-0.05, 0) is 108 Å². The minimum Gasteiger partial charge on any atom is -0.457 e. The molecular formula is C34H25F2N3O3. The van der Waals surface area contributed by atoms with Crippen molar-refractivity contribution in [3.63, 3.8) is 0 Å². The predicted octanol–water partition coefficient (Wildman–Crippen LogP) is 8.47. The van der Waals surface area contributed by atoms with Gasteiger partial charge in [0.05, 0.1) is 12.2 Å². The predicted molar refractivity (Wildman–Crippen MR) is 158 cm³/mol. The monoisotopic (exact) mass is 561 g/mol. The Morgan fingerprint density at radius 3 is 1.64 bits per heavy atom. The smallest absolute Gasteiger partial charge is 0.340 e. The lowest BCUT2D eigenvalue weighted by molar-refractivity contribution is 0.210. The molecule has 0 spiro atoms. The van der Waals surface area contributed by atoms with E-state index in [1.165, 1.54) is 29.3 Å². The summed E-state index contributed by atoms with van der Waals surface area (Å²) in [5.74, 6) is 1.97. The molecule has 2 N–H and O–H groups in total. The Bertz CT molecular complexity index is 1650. The second kappa shape index (κ2) is 11.9. The normalized spacial score (nSPS) is 12.6. The lowest BCUT2D eigenvalue weighted by Gasteiger charge is -2.19. The first-order chi connectivity index (χ1) is 20.5. The number of carbonyl (C=O) groups excluding carboxylic acids is 1. The topological polar surface area (TPSA) is 62.8 Å². The first kappa shape index (κ1) is 26.6. The van der Waals surface area contributed by atoms with Crippen molar-refractivity contribution >= 4 is 23.0 Å². The van der Waals surface area contributed by atoms with E-state index < -0.39 is 6.03 Å². The Morgan fingerprint density at radius 2 is 1.10 bits per heavy atom. The van der Waals surface area contributed by atoms with Gasteiger partial charge in [-0.15, -0.1) is 0 Å². The lowest BCUT2D eigenvalue weighted by atomic mass is 10.0. The van der Waals surface area contributed by atoms with Gasteiger partial charge in [-0.3, -0.25) is 5.43 Å². The number of hydrogen-bond donors (Lipinski definition) is 2. The van der Waals surface area contributed by atoms with Gasteiger partial charge in [-0.2, -0.15) is 0 Å². The number of nitrogens with zero attached hydrogens (tertiary/aromatic N) is 1. The third kappa shape index (κ3) is 6.23. The Hall–Kier alpha value is -5.63. The van der Waals surface area contributed by atoms with Crippen LogP contribution in [0.4, 0.5) is 19.3 Å². The number of halogens is 2. The van der Waals surface area contributed by atoms with Gasteiger partial charge >= 0.3 is 6.03 Å². The van der Waals surface area contributed by atoms with Gasteiger partial charge < -0.3 is 14.8 Å². The second-order valence-electron chi connectivity index (χ2n) is 9.51. The summed E-state index contributed by atoms with van der Waals surface area (Å²) in [6, 6.07) is 35.4. The van der Waals surface area contributed by atoms with Gasteiger partial charge in [0.1, 0.15) is 34.6 Å². The highest BCUT2D eigenvalue weighted by atomic mass is 19.1. The van der Waals surface area contributed by atoms with Gasteiger partial charge in [0.25, 0.3) is 0 Å². The van der Waals surface area contributed by atoms with E-state index in [0.717, 1.165) is 16.9 Å². The van der Waals surface area contributed by atoms with E-state index >= 15 is 0 Å². The highest BCUT2D eigenvalue weighted by Crippen LogP contribution is 2.31. The van der Waals surface area contributed by atoms with Crippen LogP contribution in [0.2, 0.25) is 0 Å². The maximum absolute atomic E-state index is 13.6. The number of nitrogens with one attached hydrogen (secondary N) is 2. The molecular weight excluding hydrogens is 536 g/mol. The minimum atomic E-state index is -0.394. The summed E-state index contributed by atoms with van der Waals surface area (Å²) in [4.78, 5) is 13.2. The highest BCUT2D eigenvalue weighted by molar-refractivity contribution is 5.98. The fraction of sp³-hybridized carbons (Fsp3) is 0.0294. The van der Waals surface area contributed by atoms with Gasteiger partial charge in [-0.25, -0.2) is 18.6 Å². The molecule has 0 unspecified atom stereocenters. The number of rotatable bonds is 7. The first-order valence-corrected chi connectivity index (χ1v) is 13.2. The number of hydrazine groups is 1. The third-order valence-corrected chi connectivity index (χ3v) is 6.58. The van der Waals surface area contributed by atoms with Crippen LogP contribution in [0, 0.1) is 11.6 Å². The van der Waals surface area contributed by atoms with Gasteiger partial charge in [0, 0.05) is 11.3 Å². The Kier molecular flexibility index (Phi) is 7.50. The minimum absolute atomic E-state index is 0.218. The fourth-order valence-corrected chi connectivity index (χ4v) is 4.48. The standard InChI is InChI=1S/C34H25F2N3O3/c35-25-10-6-23(7-11-25)32-22-39(38-33(32)24-8-12-26(36)13-9-24)34(40)37-27-14-16-29(17-15-27)42-31-20-18-30(19-21-31)41-28-4-2-1-3-5-28/h1-21,38H,22H2,(H,37,40). The van der Waals surface area contributed by atoms with Crippen molar-refractivity contribution in [1.82, 2.24) is 10.4 Å². The Labute approximate surface area is 241 Å². The fourth-order valence-electron chi connectivity index (χ4n) is 4.48. The summed E-state index contributed by atoms with van der Waals surface area (Å²) in [6.45, 7) is 0.218. The van der Waals surface area contributed by atoms with Crippen molar-refractivity contribution in [2.24, 2.45) is 0 Å². The van der Waals surface area contributed by atoms with Crippen molar-refractivity contribution in [1.29, 1.82) is 0 Å². The molecule has 1 aliphatic rings. The second-order valence-corrected chi connectivity index (χ2v) is 9.51. The van der Waals surface area contributed by atoms with Crippen LogP contribution in [0.15, 0.2) is 127 Å². The van der Waals surface area contributed by atoms with Crippen molar-refractivity contribution in [2.75, 3.05) is 11.9 Å². The molecule has 0 saturated heterocycles. The van der Waals surface area contributed by atoms with Crippen LogP contribution in [0.25, 0.3) is 11.3 Å². The lowest BCUT2D eigenvalue weighted by Crippen LogP contribution is -2.40. The number of hydrogen-bond acceptors (Lipinski definition) is 4. The van der Waals surface area contributed by atoms with E-state index in [1.807, 2.05) is 54.6 Å². The van der Waals surface area contributed by atoms with Crippen molar-refractivity contribution < 1.29 is 23.0 Å². The largest absolute Gasteiger partial charge is 0.457 e. The summed E-state index contributed by atoms with van der Waals surface area (Å²) in [5.41, 5.74) is 6.56. The first-order valence-electron chi connectivity index (χ1n) is 13.2. The van der Waals surface area contributed by atoms with Crippen LogP contribution in [0.3, 0.4) is 0 Å². The number of ether oxygens (including phenoxy) is 2. The van der Waals surface area contributed by atoms with Crippen LogP contribution in [0.5, 0.6) is 23.0 Å². The van der Waals surface area contributed by atoms with Crippen LogP contribution in [-0.4, -0.2) is 17.6 Å². The maximum Gasteiger partial charge on any atom is 0.340 e. The SMILES string of the molecule is O=C(Nc1ccc(Oc2ccc(Oc3ccccc3)cc2)cc1)N1CC(c2ccc(F)cc2)=C(c2ccc(F)cc2)N1. The van der Waals surface area contributed by atoms with E-state index in [2.05, 4.69) is 10.7 Å². The molecule has 42 heavy (non-hydrogen) atoms. The van der Waals surface area contributed by atoms with Crippen LogP contribution >= 0.6 is 0 Å². The number of urea groups is 1. The van der Waals surface area contributed by atoms with Crippen LogP contribution in [-0.2, 0) is 0 Å². The summed E-state index contributed by atoms with van der Waals surface area (Å²) in [6.07, 6.45) is 0. The Balaban J connectivity index is 1.10.